The first-order chi connectivity index (χ1) is 25.3. The fourth-order valence-corrected chi connectivity index (χ4v) is 6.34. The van der Waals surface area contributed by atoms with Crippen molar-refractivity contribution in [2.24, 2.45) is 0 Å². The average molecular weight is 689 g/mol. The lowest BCUT2D eigenvalue weighted by atomic mass is 10.0. The summed E-state index contributed by atoms with van der Waals surface area (Å²) in [5.74, 6) is 1.72. The van der Waals surface area contributed by atoms with E-state index < -0.39 is 0 Å². The Labute approximate surface area is 306 Å². The van der Waals surface area contributed by atoms with Gasteiger partial charge in [-0.2, -0.15) is 0 Å². The Morgan fingerprint density at radius 3 is 0.654 bits per heavy atom. The van der Waals surface area contributed by atoms with Gasteiger partial charge in [-0.05, 0) is 69.5 Å². The molecular weight excluding hydrogens is 641 g/mol. The van der Waals surface area contributed by atoms with Crippen LogP contribution in [0, 0.1) is 0 Å². The maximum absolute atomic E-state index is 9.85. The highest BCUT2D eigenvalue weighted by Crippen LogP contribution is 2.31. The molecule has 0 aliphatic rings. The van der Waals surface area contributed by atoms with Crippen molar-refractivity contribution in [2.75, 3.05) is 0 Å². The number of benzene rings is 8. The van der Waals surface area contributed by atoms with Crippen molar-refractivity contribution in [3.05, 3.63) is 168 Å². The summed E-state index contributed by atoms with van der Waals surface area (Å²) in [6.07, 6.45) is 3.49. The molecule has 52 heavy (non-hydrogen) atoms. The molecule has 4 heteroatoms. The maximum atomic E-state index is 9.85. The second kappa shape index (κ2) is 17.8. The van der Waals surface area contributed by atoms with Crippen molar-refractivity contribution in [2.45, 2.75) is 53.4 Å². The topological polar surface area (TPSA) is 80.9 Å². The number of fused-ring (bicyclic) bond motifs is 4. The molecule has 0 aliphatic carbocycles. The first-order valence-electron chi connectivity index (χ1n) is 18.1. The number of aromatic hydroxyl groups is 4. The van der Waals surface area contributed by atoms with Crippen molar-refractivity contribution < 1.29 is 20.4 Å². The molecule has 0 saturated heterocycles. The van der Waals surface area contributed by atoms with Crippen LogP contribution >= 0.6 is 0 Å². The van der Waals surface area contributed by atoms with Gasteiger partial charge in [0.1, 0.15) is 23.0 Å². The van der Waals surface area contributed by atoms with E-state index in [1.54, 1.807) is 0 Å². The fourth-order valence-electron chi connectivity index (χ4n) is 6.34. The van der Waals surface area contributed by atoms with Gasteiger partial charge < -0.3 is 20.4 Å². The third kappa shape index (κ3) is 8.47. The number of rotatable bonds is 4. The maximum Gasteiger partial charge on any atom is 0.126 e. The zero-order valence-electron chi connectivity index (χ0n) is 30.5. The summed E-state index contributed by atoms with van der Waals surface area (Å²) in [4.78, 5) is 0. The molecule has 8 aromatic carbocycles. The van der Waals surface area contributed by atoms with Crippen LogP contribution in [-0.2, 0) is 25.7 Å². The van der Waals surface area contributed by atoms with Crippen LogP contribution in [0.25, 0.3) is 43.1 Å². The van der Waals surface area contributed by atoms with Gasteiger partial charge in [0.05, 0.1) is 0 Å². The van der Waals surface area contributed by atoms with Gasteiger partial charge in [0, 0.05) is 21.5 Å². The minimum Gasteiger partial charge on any atom is -0.507 e. The van der Waals surface area contributed by atoms with Gasteiger partial charge in [0.15, 0.2) is 0 Å². The van der Waals surface area contributed by atoms with Gasteiger partial charge in [-0.1, -0.05) is 173 Å². The SMILES string of the molecule is CCc1ccc2ccccc2c1O.CCc1ccc2ccccc2c1O.CCc1ccc2ccccc2c1O.CCc1ccc2ccccc2c1O. The van der Waals surface area contributed by atoms with Gasteiger partial charge in [0.2, 0.25) is 0 Å². The molecule has 0 amide bonds. The van der Waals surface area contributed by atoms with Crippen LogP contribution in [-0.4, -0.2) is 20.4 Å². The largest absolute Gasteiger partial charge is 0.507 e. The Balaban J connectivity index is 0.000000134. The summed E-state index contributed by atoms with van der Waals surface area (Å²) in [5, 5.41) is 47.6. The molecule has 8 rings (SSSR count). The number of hydrogen-bond donors (Lipinski definition) is 4. The quantitative estimate of drug-likeness (QED) is 0.148. The van der Waals surface area contributed by atoms with Crippen molar-refractivity contribution in [1.82, 2.24) is 0 Å². The summed E-state index contributed by atoms with van der Waals surface area (Å²) < 4.78 is 0. The molecule has 0 unspecified atom stereocenters. The number of phenolic OH excluding ortho intramolecular Hbond substituents is 4. The number of hydrogen-bond acceptors (Lipinski definition) is 4. The van der Waals surface area contributed by atoms with Gasteiger partial charge in [-0.25, -0.2) is 0 Å². The van der Waals surface area contributed by atoms with E-state index in [4.69, 9.17) is 0 Å². The smallest absolute Gasteiger partial charge is 0.126 e. The Morgan fingerprint density at radius 1 is 0.269 bits per heavy atom. The Kier molecular flexibility index (Phi) is 12.7. The van der Waals surface area contributed by atoms with Crippen molar-refractivity contribution in [3.8, 4) is 23.0 Å². The molecule has 4 nitrogen and oxygen atoms in total. The van der Waals surface area contributed by atoms with Crippen LogP contribution in [0.1, 0.15) is 49.9 Å². The van der Waals surface area contributed by atoms with Gasteiger partial charge in [-0.3, -0.25) is 0 Å². The van der Waals surface area contributed by atoms with Gasteiger partial charge in [-0.15, -0.1) is 0 Å². The van der Waals surface area contributed by atoms with Crippen LogP contribution in [0.5, 0.6) is 23.0 Å². The Hall–Kier alpha value is -6.00. The first kappa shape index (κ1) is 37.3. The van der Waals surface area contributed by atoms with Crippen molar-refractivity contribution in [1.29, 1.82) is 0 Å². The van der Waals surface area contributed by atoms with Crippen molar-refractivity contribution in [3.63, 3.8) is 0 Å². The summed E-state index contributed by atoms with van der Waals surface area (Å²) in [6.45, 7) is 8.18. The molecule has 0 bridgehead atoms. The monoisotopic (exact) mass is 688 g/mol. The van der Waals surface area contributed by atoms with Crippen LogP contribution in [0.2, 0.25) is 0 Å². The summed E-state index contributed by atoms with van der Waals surface area (Å²) >= 11 is 0. The predicted octanol–water partition coefficient (Wildman–Crippen LogP) is 12.4. The molecule has 0 aromatic heterocycles. The van der Waals surface area contributed by atoms with Gasteiger partial charge >= 0.3 is 0 Å². The normalized spacial score (nSPS) is 10.5. The molecule has 4 N–H and O–H groups in total. The molecule has 0 fully saturated rings. The Morgan fingerprint density at radius 2 is 0.462 bits per heavy atom. The van der Waals surface area contributed by atoms with E-state index in [1.807, 2.05) is 173 Å². The van der Waals surface area contributed by atoms with Crippen LogP contribution in [0.3, 0.4) is 0 Å². The van der Waals surface area contributed by atoms with Crippen LogP contribution < -0.4 is 0 Å². The average Bonchev–Trinajstić information content (AvgIpc) is 3.20. The minimum absolute atomic E-state index is 0.431. The van der Waals surface area contributed by atoms with E-state index in [2.05, 4.69) is 0 Å². The standard InChI is InChI=1S/4C12H12O/c4*1-2-9-7-8-10-5-3-4-6-11(10)12(9)13/h4*3-8,13H,2H2,1H3. The lowest BCUT2D eigenvalue weighted by Gasteiger charge is -2.05. The molecule has 0 aliphatic heterocycles. The highest BCUT2D eigenvalue weighted by Gasteiger charge is 2.06. The molecule has 0 saturated carbocycles. The van der Waals surface area contributed by atoms with E-state index in [-0.39, 0.29) is 0 Å². The van der Waals surface area contributed by atoms with E-state index in [9.17, 15) is 20.4 Å². The molecule has 0 radical (unpaired) electrons. The first-order valence-corrected chi connectivity index (χ1v) is 18.1. The van der Waals surface area contributed by atoms with Gasteiger partial charge in [0.25, 0.3) is 0 Å². The summed E-state index contributed by atoms with van der Waals surface area (Å²) in [6, 6.07) is 47.7. The van der Waals surface area contributed by atoms with Crippen LogP contribution in [0.15, 0.2) is 146 Å². The third-order valence-electron chi connectivity index (χ3n) is 9.46. The third-order valence-corrected chi connectivity index (χ3v) is 9.46. The summed E-state index contributed by atoms with van der Waals surface area (Å²) in [7, 11) is 0. The molecular formula is C48H48O4. The second-order valence-corrected chi connectivity index (χ2v) is 12.6. The molecule has 0 spiro atoms. The fraction of sp³-hybridized carbons (Fsp3) is 0.167. The zero-order valence-corrected chi connectivity index (χ0v) is 30.5. The molecule has 0 heterocycles. The lowest BCUT2D eigenvalue weighted by molar-refractivity contribution is 0.475. The minimum atomic E-state index is 0.431. The second-order valence-electron chi connectivity index (χ2n) is 12.6. The van der Waals surface area contributed by atoms with E-state index in [0.29, 0.717) is 23.0 Å². The number of phenols is 4. The number of aryl methyl sites for hydroxylation is 4. The molecule has 264 valence electrons. The Bertz CT molecular complexity index is 2070. The van der Waals surface area contributed by atoms with E-state index >= 15 is 0 Å². The molecule has 8 aromatic rings. The van der Waals surface area contributed by atoms with Crippen LogP contribution in [0.4, 0.5) is 0 Å². The predicted molar refractivity (Wildman–Crippen MR) is 220 cm³/mol. The molecule has 0 atom stereocenters. The highest BCUT2D eigenvalue weighted by molar-refractivity contribution is 5.91. The summed E-state index contributed by atoms with van der Waals surface area (Å²) in [5.41, 5.74) is 4.05. The highest BCUT2D eigenvalue weighted by atomic mass is 16.3. The zero-order chi connectivity index (χ0) is 37.0. The lowest BCUT2D eigenvalue weighted by Crippen LogP contribution is -1.82. The van der Waals surface area contributed by atoms with E-state index in [0.717, 1.165) is 91.0 Å². The van der Waals surface area contributed by atoms with Crippen molar-refractivity contribution >= 4 is 43.1 Å². The van der Waals surface area contributed by atoms with E-state index in [1.165, 1.54) is 0 Å².